The highest BCUT2D eigenvalue weighted by atomic mass is 32.1. The van der Waals surface area contributed by atoms with Crippen molar-refractivity contribution in [3.05, 3.63) is 70.2 Å². The van der Waals surface area contributed by atoms with E-state index in [2.05, 4.69) is 15.3 Å². The number of hydrogen-bond acceptors (Lipinski definition) is 3. The topological polar surface area (TPSA) is 46.0 Å². The van der Waals surface area contributed by atoms with E-state index < -0.39 is 0 Å². The van der Waals surface area contributed by atoms with E-state index >= 15 is 0 Å². The van der Waals surface area contributed by atoms with E-state index in [9.17, 15) is 4.39 Å². The summed E-state index contributed by atoms with van der Waals surface area (Å²) in [5.41, 5.74) is 2.69. The lowest BCUT2D eigenvalue weighted by molar-refractivity contribution is 0.628. The standard InChI is InChI=1S/C16H13FN4S/c1-11-5-2-3-6-13(11)10-18-21-15(19-20-16(21)22)12-7-4-8-14(17)9-12/h2-10H,1H3,(H,20,22)/b18-10-. The maximum absolute atomic E-state index is 13.4. The Morgan fingerprint density at radius 2 is 2.05 bits per heavy atom. The molecule has 6 heteroatoms. The number of hydrogen-bond donors (Lipinski definition) is 1. The smallest absolute Gasteiger partial charge is 0.216 e. The van der Waals surface area contributed by atoms with Gasteiger partial charge < -0.3 is 0 Å². The molecule has 2 aromatic carbocycles. The lowest BCUT2D eigenvalue weighted by Crippen LogP contribution is -1.96. The normalized spacial score (nSPS) is 11.2. The summed E-state index contributed by atoms with van der Waals surface area (Å²) in [6.45, 7) is 2.00. The fourth-order valence-corrected chi connectivity index (χ4v) is 2.24. The number of benzene rings is 2. The number of rotatable bonds is 3. The molecule has 3 rings (SSSR count). The molecule has 1 aromatic heterocycles. The zero-order valence-electron chi connectivity index (χ0n) is 11.8. The van der Waals surface area contributed by atoms with Crippen molar-refractivity contribution in [3.8, 4) is 11.4 Å². The molecule has 0 spiro atoms. The largest absolute Gasteiger partial charge is 0.250 e. The summed E-state index contributed by atoms with van der Waals surface area (Å²) in [6, 6.07) is 14.0. The zero-order valence-corrected chi connectivity index (χ0v) is 12.6. The Labute approximate surface area is 131 Å². The van der Waals surface area contributed by atoms with E-state index in [1.165, 1.54) is 16.8 Å². The predicted molar refractivity (Wildman–Crippen MR) is 87.0 cm³/mol. The summed E-state index contributed by atoms with van der Waals surface area (Å²) < 4.78 is 15.2. The van der Waals surface area contributed by atoms with Crippen molar-refractivity contribution in [1.82, 2.24) is 14.9 Å². The third kappa shape index (κ3) is 2.87. The first-order chi connectivity index (χ1) is 10.6. The fourth-order valence-electron chi connectivity index (χ4n) is 2.06. The molecule has 110 valence electrons. The fraction of sp³-hybridized carbons (Fsp3) is 0.0625. The van der Waals surface area contributed by atoms with E-state index in [-0.39, 0.29) is 5.82 Å². The SMILES string of the molecule is Cc1ccccc1/C=N\n1c(-c2cccc(F)c2)n[nH]c1=S. The van der Waals surface area contributed by atoms with Crippen LogP contribution in [-0.2, 0) is 0 Å². The molecule has 0 aliphatic carbocycles. The van der Waals surface area contributed by atoms with E-state index in [0.717, 1.165) is 11.1 Å². The summed E-state index contributed by atoms with van der Waals surface area (Å²) in [4.78, 5) is 0. The molecule has 0 aliphatic heterocycles. The highest BCUT2D eigenvalue weighted by molar-refractivity contribution is 7.71. The summed E-state index contributed by atoms with van der Waals surface area (Å²) in [5.74, 6) is 0.134. The van der Waals surface area contributed by atoms with Crippen LogP contribution in [-0.4, -0.2) is 21.1 Å². The predicted octanol–water partition coefficient (Wildman–Crippen LogP) is 3.94. The summed E-state index contributed by atoms with van der Waals surface area (Å²) in [5, 5.41) is 11.2. The Bertz CT molecular complexity index is 895. The summed E-state index contributed by atoms with van der Waals surface area (Å²) in [7, 11) is 0. The molecule has 0 unspecified atom stereocenters. The molecule has 0 radical (unpaired) electrons. The van der Waals surface area contributed by atoms with Crippen LogP contribution in [0.15, 0.2) is 53.6 Å². The van der Waals surface area contributed by atoms with E-state index in [1.807, 2.05) is 31.2 Å². The second-order valence-electron chi connectivity index (χ2n) is 4.78. The van der Waals surface area contributed by atoms with Gasteiger partial charge in [-0.05, 0) is 42.4 Å². The molecular weight excluding hydrogens is 299 g/mol. The Kier molecular flexibility index (Phi) is 3.93. The van der Waals surface area contributed by atoms with E-state index in [1.54, 1.807) is 18.3 Å². The van der Waals surface area contributed by atoms with Gasteiger partial charge in [-0.25, -0.2) is 9.49 Å². The molecule has 4 nitrogen and oxygen atoms in total. The maximum Gasteiger partial charge on any atom is 0.216 e. The first-order valence-electron chi connectivity index (χ1n) is 6.68. The van der Waals surface area contributed by atoms with Gasteiger partial charge in [0.1, 0.15) is 5.82 Å². The van der Waals surface area contributed by atoms with Gasteiger partial charge in [0.05, 0.1) is 6.21 Å². The second-order valence-corrected chi connectivity index (χ2v) is 5.16. The van der Waals surface area contributed by atoms with Gasteiger partial charge in [-0.3, -0.25) is 0 Å². The minimum absolute atomic E-state index is 0.333. The van der Waals surface area contributed by atoms with Crippen LogP contribution in [0, 0.1) is 17.5 Å². The van der Waals surface area contributed by atoms with Gasteiger partial charge in [0, 0.05) is 5.56 Å². The Morgan fingerprint density at radius 1 is 1.23 bits per heavy atom. The lowest BCUT2D eigenvalue weighted by Gasteiger charge is -2.02. The number of H-pyrrole nitrogens is 1. The minimum atomic E-state index is -0.333. The number of aromatic nitrogens is 3. The molecule has 0 saturated carbocycles. The maximum atomic E-state index is 13.4. The van der Waals surface area contributed by atoms with Crippen molar-refractivity contribution >= 4 is 18.4 Å². The molecule has 0 aliphatic rings. The average molecular weight is 312 g/mol. The third-order valence-corrected chi connectivity index (χ3v) is 3.50. The highest BCUT2D eigenvalue weighted by Crippen LogP contribution is 2.18. The quantitative estimate of drug-likeness (QED) is 0.588. The van der Waals surface area contributed by atoms with Crippen molar-refractivity contribution in [3.63, 3.8) is 0 Å². The van der Waals surface area contributed by atoms with Gasteiger partial charge >= 0.3 is 0 Å². The molecule has 0 saturated heterocycles. The number of nitrogens with one attached hydrogen (secondary N) is 1. The number of aromatic amines is 1. The van der Waals surface area contributed by atoms with Crippen LogP contribution >= 0.6 is 12.2 Å². The van der Waals surface area contributed by atoms with Gasteiger partial charge in [-0.15, -0.1) is 0 Å². The van der Waals surface area contributed by atoms with Crippen LogP contribution < -0.4 is 0 Å². The number of halogens is 1. The Balaban J connectivity index is 2.04. The molecule has 1 heterocycles. The molecule has 1 N–H and O–H groups in total. The summed E-state index contributed by atoms with van der Waals surface area (Å²) in [6.07, 6.45) is 1.71. The van der Waals surface area contributed by atoms with Gasteiger partial charge in [-0.1, -0.05) is 36.4 Å². The van der Waals surface area contributed by atoms with Crippen LogP contribution in [0.2, 0.25) is 0 Å². The Hall–Kier alpha value is -2.60. The zero-order chi connectivity index (χ0) is 15.5. The van der Waals surface area contributed by atoms with Crippen LogP contribution in [0.25, 0.3) is 11.4 Å². The molecule has 0 amide bonds. The van der Waals surface area contributed by atoms with Crippen molar-refractivity contribution in [1.29, 1.82) is 0 Å². The van der Waals surface area contributed by atoms with Crippen LogP contribution in [0.1, 0.15) is 11.1 Å². The van der Waals surface area contributed by atoms with Gasteiger partial charge in [0.25, 0.3) is 0 Å². The van der Waals surface area contributed by atoms with Gasteiger partial charge in [0.15, 0.2) is 5.82 Å². The Morgan fingerprint density at radius 3 is 2.82 bits per heavy atom. The monoisotopic (exact) mass is 312 g/mol. The van der Waals surface area contributed by atoms with Crippen molar-refractivity contribution in [2.24, 2.45) is 5.10 Å². The van der Waals surface area contributed by atoms with Gasteiger partial charge in [-0.2, -0.15) is 14.9 Å². The highest BCUT2D eigenvalue weighted by Gasteiger charge is 2.08. The van der Waals surface area contributed by atoms with Crippen LogP contribution in [0.5, 0.6) is 0 Å². The molecule has 0 bridgehead atoms. The minimum Gasteiger partial charge on any atom is -0.250 e. The third-order valence-electron chi connectivity index (χ3n) is 3.23. The van der Waals surface area contributed by atoms with Crippen LogP contribution in [0.4, 0.5) is 4.39 Å². The molecule has 22 heavy (non-hydrogen) atoms. The summed E-state index contributed by atoms with van der Waals surface area (Å²) >= 11 is 5.19. The van der Waals surface area contributed by atoms with Crippen molar-refractivity contribution in [2.75, 3.05) is 0 Å². The van der Waals surface area contributed by atoms with E-state index in [4.69, 9.17) is 12.2 Å². The average Bonchev–Trinajstić information content (AvgIpc) is 2.87. The molecule has 0 atom stereocenters. The first-order valence-corrected chi connectivity index (χ1v) is 7.09. The molecular formula is C16H13FN4S. The van der Waals surface area contributed by atoms with Crippen LogP contribution in [0.3, 0.4) is 0 Å². The van der Waals surface area contributed by atoms with Crippen molar-refractivity contribution < 1.29 is 4.39 Å². The second kappa shape index (κ2) is 6.03. The van der Waals surface area contributed by atoms with E-state index in [0.29, 0.717) is 16.2 Å². The number of aryl methyl sites for hydroxylation is 1. The van der Waals surface area contributed by atoms with Gasteiger partial charge in [0.2, 0.25) is 4.77 Å². The molecule has 0 fully saturated rings. The lowest BCUT2D eigenvalue weighted by atomic mass is 10.1. The first kappa shape index (κ1) is 14.3. The molecule has 3 aromatic rings. The number of nitrogens with zero attached hydrogens (tertiary/aromatic N) is 3. The van der Waals surface area contributed by atoms with Crippen molar-refractivity contribution in [2.45, 2.75) is 6.92 Å².